The maximum Gasteiger partial charge on any atom is 0.332 e. The van der Waals surface area contributed by atoms with Gasteiger partial charge in [0.1, 0.15) is 0 Å². The zero-order valence-corrected chi connectivity index (χ0v) is 8.03. The third-order valence-electron chi connectivity index (χ3n) is 2.36. The molecule has 0 aromatic rings. The van der Waals surface area contributed by atoms with Crippen LogP contribution in [0.1, 0.15) is 26.2 Å². The summed E-state index contributed by atoms with van der Waals surface area (Å²) in [4.78, 5) is 10.6. The average molecular weight is 188 g/mol. The minimum absolute atomic E-state index is 0.0519. The predicted molar refractivity (Wildman–Crippen MR) is 46.6 cm³/mol. The standard InChI is InChI=1S/C9H16O4/c1-6-3-4-7(13-6)5-8(12-2)9(10)11/h6-8H,3-5H2,1-2H3,(H,10,11)/t6-,7?,8?/m1/s1. The molecular weight excluding hydrogens is 172 g/mol. The Bertz CT molecular complexity index is 180. The van der Waals surface area contributed by atoms with Crippen molar-refractivity contribution in [2.24, 2.45) is 0 Å². The van der Waals surface area contributed by atoms with Crippen LogP contribution in [-0.4, -0.2) is 36.5 Å². The predicted octanol–water partition coefficient (Wildman–Crippen LogP) is 1.04. The molecule has 1 heterocycles. The number of hydrogen-bond acceptors (Lipinski definition) is 3. The first-order valence-corrected chi connectivity index (χ1v) is 4.54. The van der Waals surface area contributed by atoms with Crippen LogP contribution in [0.3, 0.4) is 0 Å². The molecule has 1 saturated heterocycles. The monoisotopic (exact) mass is 188 g/mol. The van der Waals surface area contributed by atoms with Gasteiger partial charge in [-0.25, -0.2) is 4.79 Å². The maximum absolute atomic E-state index is 10.6. The SMILES string of the molecule is COC(CC1CC[C@@H](C)O1)C(=O)O. The molecule has 0 aromatic heterocycles. The van der Waals surface area contributed by atoms with E-state index in [9.17, 15) is 4.79 Å². The number of carbonyl (C=O) groups is 1. The van der Waals surface area contributed by atoms with Crippen molar-refractivity contribution < 1.29 is 19.4 Å². The molecule has 0 aliphatic carbocycles. The summed E-state index contributed by atoms with van der Waals surface area (Å²) >= 11 is 0. The Balaban J connectivity index is 2.34. The maximum atomic E-state index is 10.6. The molecule has 0 aromatic carbocycles. The molecule has 4 nitrogen and oxygen atoms in total. The molecular formula is C9H16O4. The summed E-state index contributed by atoms with van der Waals surface area (Å²) in [5.41, 5.74) is 0. The highest BCUT2D eigenvalue weighted by Crippen LogP contribution is 2.23. The van der Waals surface area contributed by atoms with Crippen LogP contribution in [0.4, 0.5) is 0 Å². The fraction of sp³-hybridized carbons (Fsp3) is 0.889. The number of aliphatic carboxylic acids is 1. The molecule has 0 bridgehead atoms. The molecule has 2 unspecified atom stereocenters. The molecule has 0 radical (unpaired) electrons. The van der Waals surface area contributed by atoms with Gasteiger partial charge in [-0.05, 0) is 19.8 Å². The summed E-state index contributed by atoms with van der Waals surface area (Å²) in [6.07, 6.45) is 1.99. The van der Waals surface area contributed by atoms with Gasteiger partial charge in [-0.2, -0.15) is 0 Å². The Labute approximate surface area is 77.8 Å². The fourth-order valence-corrected chi connectivity index (χ4v) is 1.60. The molecule has 13 heavy (non-hydrogen) atoms. The van der Waals surface area contributed by atoms with E-state index in [2.05, 4.69) is 0 Å². The van der Waals surface area contributed by atoms with E-state index in [1.165, 1.54) is 7.11 Å². The van der Waals surface area contributed by atoms with Crippen LogP contribution in [-0.2, 0) is 14.3 Å². The van der Waals surface area contributed by atoms with Crippen LogP contribution in [0.2, 0.25) is 0 Å². The van der Waals surface area contributed by atoms with Gasteiger partial charge in [0.15, 0.2) is 6.10 Å². The normalized spacial score (nSPS) is 30.3. The summed E-state index contributed by atoms with van der Waals surface area (Å²) in [7, 11) is 1.41. The van der Waals surface area contributed by atoms with E-state index in [1.54, 1.807) is 0 Å². The van der Waals surface area contributed by atoms with E-state index in [0.717, 1.165) is 12.8 Å². The molecule has 3 atom stereocenters. The van der Waals surface area contributed by atoms with Crippen molar-refractivity contribution >= 4 is 5.97 Å². The smallest absolute Gasteiger partial charge is 0.332 e. The molecule has 76 valence electrons. The minimum Gasteiger partial charge on any atom is -0.479 e. The van der Waals surface area contributed by atoms with Gasteiger partial charge in [0, 0.05) is 13.5 Å². The quantitative estimate of drug-likeness (QED) is 0.716. The number of carboxylic acid groups (broad SMARTS) is 1. The van der Waals surface area contributed by atoms with Crippen LogP contribution in [0, 0.1) is 0 Å². The highest BCUT2D eigenvalue weighted by molar-refractivity contribution is 5.72. The molecule has 1 N–H and O–H groups in total. The summed E-state index contributed by atoms with van der Waals surface area (Å²) < 4.78 is 10.3. The number of carboxylic acids is 1. The van der Waals surface area contributed by atoms with E-state index < -0.39 is 12.1 Å². The molecule has 0 amide bonds. The first-order chi connectivity index (χ1) is 6.13. The van der Waals surface area contributed by atoms with Gasteiger partial charge in [0.05, 0.1) is 12.2 Å². The molecule has 4 heteroatoms. The van der Waals surface area contributed by atoms with Gasteiger partial charge in [-0.1, -0.05) is 0 Å². The lowest BCUT2D eigenvalue weighted by Gasteiger charge is -2.15. The summed E-state index contributed by atoms with van der Waals surface area (Å²) in [5.74, 6) is -0.911. The van der Waals surface area contributed by atoms with E-state index in [-0.39, 0.29) is 12.2 Å². The largest absolute Gasteiger partial charge is 0.479 e. The Morgan fingerprint density at radius 3 is 2.77 bits per heavy atom. The van der Waals surface area contributed by atoms with Gasteiger partial charge >= 0.3 is 5.97 Å². The van der Waals surface area contributed by atoms with Gasteiger partial charge in [0.25, 0.3) is 0 Å². The number of methoxy groups -OCH3 is 1. The summed E-state index contributed by atoms with van der Waals surface area (Å²) in [6.45, 7) is 2.00. The number of hydrogen-bond donors (Lipinski definition) is 1. The highest BCUT2D eigenvalue weighted by Gasteiger charge is 2.27. The van der Waals surface area contributed by atoms with Crippen molar-refractivity contribution in [1.29, 1.82) is 0 Å². The fourth-order valence-electron chi connectivity index (χ4n) is 1.60. The van der Waals surface area contributed by atoms with Crippen molar-refractivity contribution in [2.75, 3.05) is 7.11 Å². The van der Waals surface area contributed by atoms with Gasteiger partial charge in [0.2, 0.25) is 0 Å². The van der Waals surface area contributed by atoms with Crippen LogP contribution in [0.15, 0.2) is 0 Å². The minimum atomic E-state index is -0.911. The lowest BCUT2D eigenvalue weighted by atomic mass is 10.1. The Hall–Kier alpha value is -0.610. The number of rotatable bonds is 4. The van der Waals surface area contributed by atoms with Gasteiger partial charge in [-0.3, -0.25) is 0 Å². The topological polar surface area (TPSA) is 55.8 Å². The molecule has 0 spiro atoms. The first kappa shape index (κ1) is 10.5. The average Bonchev–Trinajstić information content (AvgIpc) is 2.46. The van der Waals surface area contributed by atoms with E-state index in [1.807, 2.05) is 6.92 Å². The van der Waals surface area contributed by atoms with Crippen LogP contribution in [0.5, 0.6) is 0 Å². The Kier molecular flexibility index (Phi) is 3.69. The molecule has 1 aliphatic heterocycles. The Morgan fingerprint density at radius 2 is 2.38 bits per heavy atom. The lowest BCUT2D eigenvalue weighted by Crippen LogP contribution is -2.27. The van der Waals surface area contributed by atoms with E-state index in [0.29, 0.717) is 6.42 Å². The number of ether oxygens (including phenoxy) is 2. The van der Waals surface area contributed by atoms with Crippen molar-refractivity contribution in [3.63, 3.8) is 0 Å². The summed E-state index contributed by atoms with van der Waals surface area (Å²) in [6, 6.07) is 0. The molecule has 1 aliphatic rings. The second-order valence-electron chi connectivity index (χ2n) is 3.44. The Morgan fingerprint density at radius 1 is 1.69 bits per heavy atom. The van der Waals surface area contributed by atoms with Crippen molar-refractivity contribution in [2.45, 2.75) is 44.5 Å². The first-order valence-electron chi connectivity index (χ1n) is 4.54. The second kappa shape index (κ2) is 4.58. The van der Waals surface area contributed by atoms with E-state index in [4.69, 9.17) is 14.6 Å². The highest BCUT2D eigenvalue weighted by atomic mass is 16.5. The third-order valence-corrected chi connectivity index (χ3v) is 2.36. The zero-order chi connectivity index (χ0) is 9.84. The van der Waals surface area contributed by atoms with Crippen LogP contribution < -0.4 is 0 Å². The van der Waals surface area contributed by atoms with E-state index >= 15 is 0 Å². The zero-order valence-electron chi connectivity index (χ0n) is 8.03. The molecule has 0 saturated carbocycles. The van der Waals surface area contributed by atoms with Crippen molar-refractivity contribution in [3.05, 3.63) is 0 Å². The van der Waals surface area contributed by atoms with Crippen LogP contribution in [0.25, 0.3) is 0 Å². The van der Waals surface area contributed by atoms with Gasteiger partial charge < -0.3 is 14.6 Å². The molecule has 1 fully saturated rings. The summed E-state index contributed by atoms with van der Waals surface area (Å²) in [5, 5.41) is 8.72. The second-order valence-corrected chi connectivity index (χ2v) is 3.44. The van der Waals surface area contributed by atoms with Crippen molar-refractivity contribution in [3.8, 4) is 0 Å². The third kappa shape index (κ3) is 2.97. The molecule has 1 rings (SSSR count). The lowest BCUT2D eigenvalue weighted by molar-refractivity contribution is -0.150. The van der Waals surface area contributed by atoms with Gasteiger partial charge in [-0.15, -0.1) is 0 Å². The van der Waals surface area contributed by atoms with Crippen molar-refractivity contribution in [1.82, 2.24) is 0 Å². The van der Waals surface area contributed by atoms with Crippen LogP contribution >= 0.6 is 0 Å².